The maximum atomic E-state index is 13.9. The van der Waals surface area contributed by atoms with E-state index in [1.807, 2.05) is 24.9 Å². The van der Waals surface area contributed by atoms with Crippen molar-refractivity contribution in [1.29, 1.82) is 0 Å². The summed E-state index contributed by atoms with van der Waals surface area (Å²) in [5, 5.41) is 8.44. The molecule has 0 spiro atoms. The fourth-order valence-electron chi connectivity index (χ4n) is 7.20. The number of nitrogens with zero attached hydrogens (tertiary/aromatic N) is 3. The predicted octanol–water partition coefficient (Wildman–Crippen LogP) is 6.71. The van der Waals surface area contributed by atoms with Crippen LogP contribution in [0.2, 0.25) is 19.1 Å². The Morgan fingerprint density at radius 1 is 1.00 bits per heavy atom. The van der Waals surface area contributed by atoms with Crippen LogP contribution in [-0.2, 0) is 9.53 Å². The zero-order valence-corrected chi connectivity index (χ0v) is 28.7. The highest BCUT2D eigenvalue weighted by atomic mass is 28.3. The highest BCUT2D eigenvalue weighted by Gasteiger charge is 2.45. The van der Waals surface area contributed by atoms with Crippen molar-refractivity contribution in [2.45, 2.75) is 64.0 Å². The number of rotatable bonds is 7. The van der Waals surface area contributed by atoms with Gasteiger partial charge >= 0.3 is 6.09 Å². The molecule has 2 aliphatic rings. The maximum Gasteiger partial charge on any atom is 0.407 e. The molecule has 4 heterocycles. The van der Waals surface area contributed by atoms with Crippen molar-refractivity contribution in [2.24, 2.45) is 5.92 Å². The van der Waals surface area contributed by atoms with Crippen molar-refractivity contribution < 1.29 is 14.3 Å². The van der Waals surface area contributed by atoms with E-state index in [1.165, 1.54) is 13.5 Å². The second-order valence-corrected chi connectivity index (χ2v) is 19.2. The molecular formula is C36H43N7O3Si. The Morgan fingerprint density at radius 2 is 1.77 bits per heavy atom. The molecule has 5 aromatic rings. The molecule has 0 bridgehead atoms. The fraction of sp³-hybridized carbons (Fsp3) is 0.389. The predicted molar refractivity (Wildman–Crippen MR) is 188 cm³/mol. The van der Waals surface area contributed by atoms with E-state index in [0.29, 0.717) is 12.2 Å². The topological polar surface area (TPSA) is 128 Å². The van der Waals surface area contributed by atoms with Crippen molar-refractivity contribution in [3.8, 4) is 22.4 Å². The largest absolute Gasteiger partial charge is 0.453 e. The quantitative estimate of drug-likeness (QED) is 0.145. The van der Waals surface area contributed by atoms with E-state index in [9.17, 15) is 9.59 Å². The Hall–Kier alpha value is -4.48. The number of H-pyrrole nitrogens is 2. The SMILES string of the molecule is COC(=O)NC(C(=O)N1C[Si](C)(C)CC1c1nc2c(ccc3cc(-c4ccc(-c5cnc(C6CCCN6)[nH]5)cc4)ccc32)[nH]1)C(C)C. The summed E-state index contributed by atoms with van der Waals surface area (Å²) >= 11 is 0. The molecular weight excluding hydrogens is 607 g/mol. The molecule has 244 valence electrons. The molecule has 11 heteroatoms. The number of fused-ring (bicyclic) bond motifs is 3. The van der Waals surface area contributed by atoms with Crippen LogP contribution in [-0.4, -0.2) is 70.8 Å². The molecule has 3 unspecified atom stereocenters. The van der Waals surface area contributed by atoms with Gasteiger partial charge in [-0.2, -0.15) is 0 Å². The van der Waals surface area contributed by atoms with Gasteiger partial charge in [0.2, 0.25) is 5.91 Å². The number of carbonyl (C=O) groups is 2. The van der Waals surface area contributed by atoms with Crippen LogP contribution in [0.5, 0.6) is 0 Å². The summed E-state index contributed by atoms with van der Waals surface area (Å²) in [6.45, 7) is 9.53. The van der Waals surface area contributed by atoms with Gasteiger partial charge in [-0.25, -0.2) is 14.8 Å². The number of aromatic nitrogens is 4. The van der Waals surface area contributed by atoms with Gasteiger partial charge in [0.1, 0.15) is 17.7 Å². The van der Waals surface area contributed by atoms with Crippen LogP contribution >= 0.6 is 0 Å². The monoisotopic (exact) mass is 649 g/mol. The first-order chi connectivity index (χ1) is 22.6. The third-order valence-corrected chi connectivity index (χ3v) is 12.4. The van der Waals surface area contributed by atoms with Crippen LogP contribution in [0.25, 0.3) is 44.2 Å². The van der Waals surface area contributed by atoms with Crippen molar-refractivity contribution >= 4 is 41.9 Å². The molecule has 4 N–H and O–H groups in total. The van der Waals surface area contributed by atoms with Crippen LogP contribution < -0.4 is 10.6 Å². The summed E-state index contributed by atoms with van der Waals surface area (Å²) in [6.07, 6.45) is 4.34. The van der Waals surface area contributed by atoms with Crippen LogP contribution in [0.4, 0.5) is 4.79 Å². The Bertz CT molecular complexity index is 1940. The molecule has 2 aromatic heterocycles. The molecule has 0 radical (unpaired) electrons. The number of methoxy groups -OCH3 is 1. The Kier molecular flexibility index (Phi) is 8.13. The number of ether oxygens (including phenoxy) is 1. The van der Waals surface area contributed by atoms with Crippen molar-refractivity contribution in [3.63, 3.8) is 0 Å². The molecule has 0 aliphatic carbocycles. The number of hydrogen-bond acceptors (Lipinski definition) is 6. The third kappa shape index (κ3) is 6.05. The lowest BCUT2D eigenvalue weighted by atomic mass is 9.99. The highest BCUT2D eigenvalue weighted by Crippen LogP contribution is 2.39. The summed E-state index contributed by atoms with van der Waals surface area (Å²) in [6, 6.07) is 19.7. The van der Waals surface area contributed by atoms with E-state index in [0.717, 1.165) is 74.8 Å². The number of amides is 2. The molecule has 0 saturated carbocycles. The van der Waals surface area contributed by atoms with Crippen LogP contribution in [0, 0.1) is 5.92 Å². The third-order valence-electron chi connectivity index (χ3n) is 9.71. The smallest absolute Gasteiger partial charge is 0.407 e. The summed E-state index contributed by atoms with van der Waals surface area (Å²) in [5.41, 5.74) is 6.27. The van der Waals surface area contributed by atoms with Crippen LogP contribution in [0.3, 0.4) is 0 Å². The van der Waals surface area contributed by atoms with E-state index < -0.39 is 20.2 Å². The van der Waals surface area contributed by atoms with Gasteiger partial charge < -0.3 is 30.2 Å². The minimum absolute atomic E-state index is 0.0879. The first-order valence-corrected chi connectivity index (χ1v) is 20.0. The Balaban J connectivity index is 1.15. The lowest BCUT2D eigenvalue weighted by Crippen LogP contribution is -2.52. The van der Waals surface area contributed by atoms with Gasteiger partial charge in [0, 0.05) is 11.6 Å². The van der Waals surface area contributed by atoms with Crippen LogP contribution in [0.1, 0.15) is 50.4 Å². The average Bonchev–Trinajstić information content (AvgIpc) is 3.88. The second kappa shape index (κ2) is 12.3. The molecule has 47 heavy (non-hydrogen) atoms. The molecule has 3 aromatic carbocycles. The van der Waals surface area contributed by atoms with Crippen molar-refractivity contribution in [3.05, 3.63) is 72.4 Å². The van der Waals surface area contributed by atoms with Crippen LogP contribution in [0.15, 0.2) is 60.8 Å². The number of aromatic amines is 2. The maximum absolute atomic E-state index is 13.9. The molecule has 2 aliphatic heterocycles. The number of alkyl carbamates (subject to hydrolysis) is 1. The van der Waals surface area contributed by atoms with Gasteiger partial charge in [-0.3, -0.25) is 4.79 Å². The van der Waals surface area contributed by atoms with Gasteiger partial charge in [-0.15, -0.1) is 0 Å². The highest BCUT2D eigenvalue weighted by molar-refractivity contribution is 6.78. The summed E-state index contributed by atoms with van der Waals surface area (Å²) in [7, 11) is -0.411. The van der Waals surface area contributed by atoms with E-state index in [-0.39, 0.29) is 17.9 Å². The summed E-state index contributed by atoms with van der Waals surface area (Å²) < 4.78 is 4.82. The first-order valence-electron chi connectivity index (χ1n) is 16.6. The molecule has 2 saturated heterocycles. The lowest BCUT2D eigenvalue weighted by molar-refractivity contribution is -0.135. The lowest BCUT2D eigenvalue weighted by Gasteiger charge is -2.30. The average molecular weight is 650 g/mol. The number of nitrogens with one attached hydrogen (secondary N) is 4. The number of benzene rings is 3. The Labute approximate surface area is 275 Å². The van der Waals surface area contributed by atoms with Gasteiger partial charge in [0.15, 0.2) is 0 Å². The zero-order chi connectivity index (χ0) is 32.9. The van der Waals surface area contributed by atoms with E-state index in [2.05, 4.69) is 93.3 Å². The minimum atomic E-state index is -1.73. The van der Waals surface area contributed by atoms with E-state index in [1.54, 1.807) is 0 Å². The molecule has 3 atom stereocenters. The normalized spacial score (nSPS) is 19.9. The fourth-order valence-corrected chi connectivity index (χ4v) is 10.1. The van der Waals surface area contributed by atoms with Gasteiger partial charge in [0.05, 0.1) is 50.2 Å². The zero-order valence-electron chi connectivity index (χ0n) is 27.7. The standard InChI is InChI=1S/C36H43N7O3Si/c1-21(2)31(42-36(45)46-3)35(44)43-20-47(4,5)19-30(43)34-39-27-15-13-25-17-24(12-14-26(25)32(27)41-34)22-8-10-23(11-9-22)29-18-38-33(40-29)28-7-6-16-37-28/h8-15,17-18,21,28,30-31,37H,6-7,16,19-20H2,1-5H3,(H,38,40)(H,39,41)(H,42,45). The Morgan fingerprint density at radius 3 is 2.49 bits per heavy atom. The summed E-state index contributed by atoms with van der Waals surface area (Å²) in [5.74, 6) is 1.63. The number of imidazole rings is 2. The van der Waals surface area contributed by atoms with Crippen molar-refractivity contribution in [1.82, 2.24) is 35.5 Å². The van der Waals surface area contributed by atoms with E-state index in [4.69, 9.17) is 9.72 Å². The molecule has 2 amide bonds. The molecule has 10 nitrogen and oxygen atoms in total. The summed E-state index contributed by atoms with van der Waals surface area (Å²) in [4.78, 5) is 44.7. The number of hydrogen-bond donors (Lipinski definition) is 4. The molecule has 7 rings (SSSR count). The van der Waals surface area contributed by atoms with E-state index >= 15 is 0 Å². The first kappa shape index (κ1) is 31.1. The van der Waals surface area contributed by atoms with Crippen molar-refractivity contribution in [2.75, 3.05) is 19.8 Å². The van der Waals surface area contributed by atoms with Gasteiger partial charge in [0.25, 0.3) is 0 Å². The minimum Gasteiger partial charge on any atom is -0.453 e. The second-order valence-electron chi connectivity index (χ2n) is 14.1. The van der Waals surface area contributed by atoms with Gasteiger partial charge in [-0.1, -0.05) is 69.4 Å². The number of carbonyl (C=O) groups excluding carboxylic acids is 2. The van der Waals surface area contributed by atoms with Gasteiger partial charge in [-0.05, 0) is 65.6 Å². The molecule has 2 fully saturated rings.